The number of rotatable bonds is 2. The summed E-state index contributed by atoms with van der Waals surface area (Å²) >= 11 is 0. The van der Waals surface area contributed by atoms with Gasteiger partial charge in [0.1, 0.15) is 0 Å². The van der Waals surface area contributed by atoms with E-state index in [9.17, 15) is 4.79 Å². The number of carbonyl (C=O) groups is 1. The van der Waals surface area contributed by atoms with Gasteiger partial charge < -0.3 is 5.11 Å². The molecule has 86 valence electrons. The summed E-state index contributed by atoms with van der Waals surface area (Å²) in [4.78, 5) is 15.3. The summed E-state index contributed by atoms with van der Waals surface area (Å²) < 4.78 is 0. The van der Waals surface area contributed by atoms with Crippen LogP contribution in [-0.4, -0.2) is 17.3 Å². The third kappa shape index (κ3) is 3.19. The van der Waals surface area contributed by atoms with Crippen molar-refractivity contribution >= 4 is 17.9 Å². The van der Waals surface area contributed by atoms with Crippen molar-refractivity contribution in [3.05, 3.63) is 29.3 Å². The predicted octanol–water partition coefficient (Wildman–Crippen LogP) is 3.44. The average Bonchev–Trinajstić information content (AvgIpc) is 2.12. The maximum atomic E-state index is 11.1. The first kappa shape index (κ1) is 12.4. The highest BCUT2D eigenvalue weighted by Gasteiger charge is 2.13. The summed E-state index contributed by atoms with van der Waals surface area (Å²) in [5, 5.41) is 9.10. The molecule has 1 aromatic rings. The monoisotopic (exact) mass is 219 g/mol. The van der Waals surface area contributed by atoms with Crippen LogP contribution in [0.4, 0.5) is 5.69 Å². The molecule has 0 aromatic heterocycles. The smallest absolute Gasteiger partial charge is 0.338 e. The van der Waals surface area contributed by atoms with Gasteiger partial charge >= 0.3 is 5.97 Å². The van der Waals surface area contributed by atoms with E-state index in [4.69, 9.17) is 5.11 Å². The summed E-state index contributed by atoms with van der Waals surface area (Å²) in [6.45, 7) is 7.84. The van der Waals surface area contributed by atoms with E-state index in [0.29, 0.717) is 5.69 Å². The number of aryl methyl sites for hydroxylation is 1. The minimum atomic E-state index is -0.931. The van der Waals surface area contributed by atoms with Crippen LogP contribution in [0.15, 0.2) is 23.2 Å². The SMILES string of the molecule is Cc1cccc(N=CC(C)(C)C)c1C(=O)O. The van der Waals surface area contributed by atoms with Crippen LogP contribution in [0.1, 0.15) is 36.7 Å². The number of benzene rings is 1. The molecule has 1 aromatic carbocycles. The quantitative estimate of drug-likeness (QED) is 0.774. The molecule has 0 amide bonds. The summed E-state index contributed by atoms with van der Waals surface area (Å²) in [5.41, 5.74) is 1.47. The molecule has 0 unspecified atom stereocenters. The first-order chi connectivity index (χ1) is 7.31. The summed E-state index contributed by atoms with van der Waals surface area (Å²) in [6, 6.07) is 5.31. The number of nitrogens with zero attached hydrogens (tertiary/aromatic N) is 1. The topological polar surface area (TPSA) is 49.7 Å². The molecule has 16 heavy (non-hydrogen) atoms. The zero-order valence-electron chi connectivity index (χ0n) is 10.1. The standard InChI is InChI=1S/C13H17NO2/c1-9-6-5-7-10(11(9)12(15)16)14-8-13(2,3)4/h5-8H,1-4H3,(H,15,16). The second-order valence-corrected chi connectivity index (χ2v) is 4.90. The van der Waals surface area contributed by atoms with E-state index in [1.54, 1.807) is 25.3 Å². The molecule has 1 rings (SSSR count). The van der Waals surface area contributed by atoms with Gasteiger partial charge in [-0.05, 0) is 24.0 Å². The summed E-state index contributed by atoms with van der Waals surface area (Å²) in [5.74, 6) is -0.931. The van der Waals surface area contributed by atoms with E-state index in [0.717, 1.165) is 5.56 Å². The molecule has 1 N–H and O–H groups in total. The van der Waals surface area contributed by atoms with Gasteiger partial charge in [0.25, 0.3) is 0 Å². The van der Waals surface area contributed by atoms with Crippen molar-refractivity contribution < 1.29 is 9.90 Å². The van der Waals surface area contributed by atoms with Gasteiger partial charge in [0, 0.05) is 6.21 Å². The molecule has 0 aliphatic rings. The lowest BCUT2D eigenvalue weighted by Crippen LogP contribution is -2.06. The number of hydrogen-bond donors (Lipinski definition) is 1. The van der Waals surface area contributed by atoms with Gasteiger partial charge in [0.05, 0.1) is 11.3 Å². The number of hydrogen-bond acceptors (Lipinski definition) is 2. The highest BCUT2D eigenvalue weighted by atomic mass is 16.4. The summed E-state index contributed by atoms with van der Waals surface area (Å²) in [7, 11) is 0. The molecule has 3 nitrogen and oxygen atoms in total. The average molecular weight is 219 g/mol. The second-order valence-electron chi connectivity index (χ2n) is 4.90. The van der Waals surface area contributed by atoms with E-state index >= 15 is 0 Å². The lowest BCUT2D eigenvalue weighted by Gasteiger charge is -2.11. The molecular weight excluding hydrogens is 202 g/mol. The zero-order valence-corrected chi connectivity index (χ0v) is 10.1. The summed E-state index contributed by atoms with van der Waals surface area (Å²) in [6.07, 6.45) is 1.77. The van der Waals surface area contributed by atoms with Crippen molar-refractivity contribution in [2.45, 2.75) is 27.7 Å². The Morgan fingerprint density at radius 3 is 2.50 bits per heavy atom. The molecule has 0 aliphatic carbocycles. The Bertz CT molecular complexity index is 428. The second kappa shape index (κ2) is 4.47. The van der Waals surface area contributed by atoms with Crippen molar-refractivity contribution in [2.24, 2.45) is 10.4 Å². The Morgan fingerprint density at radius 1 is 1.38 bits per heavy atom. The van der Waals surface area contributed by atoms with Crippen molar-refractivity contribution in [3.63, 3.8) is 0 Å². The van der Waals surface area contributed by atoms with E-state index in [-0.39, 0.29) is 11.0 Å². The molecule has 0 atom stereocenters. The molecule has 0 bridgehead atoms. The lowest BCUT2D eigenvalue weighted by atomic mass is 9.99. The fourth-order valence-electron chi connectivity index (χ4n) is 1.30. The number of aliphatic imine (C=N–C) groups is 1. The normalized spacial score (nSPS) is 12.0. The maximum absolute atomic E-state index is 11.1. The van der Waals surface area contributed by atoms with Crippen LogP contribution in [0.3, 0.4) is 0 Å². The third-order valence-corrected chi connectivity index (χ3v) is 2.06. The Labute approximate surface area is 95.8 Å². The Balaban J connectivity index is 3.19. The van der Waals surface area contributed by atoms with Crippen LogP contribution < -0.4 is 0 Å². The number of carboxylic acids is 1. The largest absolute Gasteiger partial charge is 0.478 e. The molecule has 0 saturated heterocycles. The van der Waals surface area contributed by atoms with Gasteiger partial charge in [-0.15, -0.1) is 0 Å². The van der Waals surface area contributed by atoms with Crippen LogP contribution in [0, 0.1) is 12.3 Å². The van der Waals surface area contributed by atoms with Crippen molar-refractivity contribution in [3.8, 4) is 0 Å². The van der Waals surface area contributed by atoms with Crippen LogP contribution in [-0.2, 0) is 0 Å². The minimum Gasteiger partial charge on any atom is -0.478 e. The van der Waals surface area contributed by atoms with Gasteiger partial charge in [-0.1, -0.05) is 32.9 Å². The molecule has 0 saturated carbocycles. The number of aromatic carboxylic acids is 1. The van der Waals surface area contributed by atoms with Gasteiger partial charge in [-0.3, -0.25) is 4.99 Å². The van der Waals surface area contributed by atoms with Crippen LogP contribution in [0.25, 0.3) is 0 Å². The molecule has 0 fully saturated rings. The van der Waals surface area contributed by atoms with Gasteiger partial charge in [-0.25, -0.2) is 4.79 Å². The fourth-order valence-corrected chi connectivity index (χ4v) is 1.30. The van der Waals surface area contributed by atoms with E-state index < -0.39 is 5.97 Å². The van der Waals surface area contributed by atoms with Crippen LogP contribution in [0.2, 0.25) is 0 Å². The lowest BCUT2D eigenvalue weighted by molar-refractivity contribution is 0.0697. The third-order valence-electron chi connectivity index (χ3n) is 2.06. The van der Waals surface area contributed by atoms with Crippen molar-refractivity contribution in [1.29, 1.82) is 0 Å². The molecule has 0 spiro atoms. The first-order valence-electron chi connectivity index (χ1n) is 5.19. The molecule has 3 heteroatoms. The van der Waals surface area contributed by atoms with Gasteiger partial charge in [0.2, 0.25) is 0 Å². The first-order valence-corrected chi connectivity index (χ1v) is 5.19. The van der Waals surface area contributed by atoms with E-state index in [2.05, 4.69) is 4.99 Å². The van der Waals surface area contributed by atoms with Gasteiger partial charge in [0.15, 0.2) is 0 Å². The molecule has 0 heterocycles. The van der Waals surface area contributed by atoms with Crippen LogP contribution in [0.5, 0.6) is 0 Å². The highest BCUT2D eigenvalue weighted by molar-refractivity contribution is 5.95. The Hall–Kier alpha value is -1.64. The predicted molar refractivity (Wildman–Crippen MR) is 65.7 cm³/mol. The zero-order chi connectivity index (χ0) is 12.3. The molecule has 0 radical (unpaired) electrons. The van der Waals surface area contributed by atoms with Crippen molar-refractivity contribution in [2.75, 3.05) is 0 Å². The van der Waals surface area contributed by atoms with Crippen LogP contribution >= 0.6 is 0 Å². The Morgan fingerprint density at radius 2 is 2.00 bits per heavy atom. The molecule has 0 aliphatic heterocycles. The fraction of sp³-hybridized carbons (Fsp3) is 0.385. The highest BCUT2D eigenvalue weighted by Crippen LogP contribution is 2.23. The maximum Gasteiger partial charge on any atom is 0.338 e. The van der Waals surface area contributed by atoms with E-state index in [1.807, 2.05) is 26.8 Å². The minimum absolute atomic E-state index is 0.0560. The van der Waals surface area contributed by atoms with E-state index in [1.165, 1.54) is 0 Å². The Kier molecular flexibility index (Phi) is 3.48. The van der Waals surface area contributed by atoms with Crippen molar-refractivity contribution in [1.82, 2.24) is 0 Å². The number of carboxylic acid groups (broad SMARTS) is 1. The molecular formula is C13H17NO2. The van der Waals surface area contributed by atoms with Gasteiger partial charge in [-0.2, -0.15) is 0 Å².